The number of halogens is 1. The summed E-state index contributed by atoms with van der Waals surface area (Å²) in [6, 6.07) is 4.06. The van der Waals surface area contributed by atoms with Crippen molar-refractivity contribution in [3.63, 3.8) is 0 Å². The molecule has 0 unspecified atom stereocenters. The van der Waals surface area contributed by atoms with Crippen molar-refractivity contribution in [3.05, 3.63) is 23.2 Å². The molecule has 0 spiro atoms. The zero-order valence-electron chi connectivity index (χ0n) is 11.9. The van der Waals surface area contributed by atoms with Crippen LogP contribution in [0.25, 0.3) is 0 Å². The Kier molecular flexibility index (Phi) is 4.60. The fourth-order valence-corrected chi connectivity index (χ4v) is 3.65. The molecule has 1 aromatic rings. The number of carbonyl (C=O) groups excluding carboxylic acids is 1. The number of nitrogens with one attached hydrogen (secondary N) is 1. The summed E-state index contributed by atoms with van der Waals surface area (Å²) in [4.78, 5) is 12.4. The molecule has 1 fully saturated rings. The lowest BCUT2D eigenvalue weighted by molar-refractivity contribution is -0.125. The molecule has 0 saturated heterocycles. The van der Waals surface area contributed by atoms with Gasteiger partial charge < -0.3 is 5.32 Å². The van der Waals surface area contributed by atoms with Crippen LogP contribution in [0.2, 0.25) is 5.02 Å². The minimum atomic E-state index is -3.80. The van der Waals surface area contributed by atoms with E-state index in [1.54, 1.807) is 0 Å². The molecule has 1 aromatic carbocycles. The molecule has 0 aliphatic heterocycles. The van der Waals surface area contributed by atoms with Gasteiger partial charge in [-0.1, -0.05) is 31.4 Å². The van der Waals surface area contributed by atoms with Crippen LogP contribution in [-0.4, -0.2) is 14.3 Å². The van der Waals surface area contributed by atoms with Gasteiger partial charge in [-0.05, 0) is 37.5 Å². The summed E-state index contributed by atoms with van der Waals surface area (Å²) in [7, 11) is -3.80. The van der Waals surface area contributed by atoms with Gasteiger partial charge in [0.15, 0.2) is 0 Å². The molecule has 3 N–H and O–H groups in total. The standard InChI is InChI=1S/C14H19ClN2O3S/c1-2-14(7-3-4-8-14)13(18)17-12-6-5-10(9-11(12)15)21(16,19)20/h5-6,9H,2-4,7-8H2,1H3,(H,17,18)(H2,16,19,20). The second kappa shape index (κ2) is 5.94. The van der Waals surface area contributed by atoms with Crippen molar-refractivity contribution < 1.29 is 13.2 Å². The Hall–Kier alpha value is -1.11. The first-order valence-corrected chi connectivity index (χ1v) is 8.85. The highest BCUT2D eigenvalue weighted by atomic mass is 35.5. The second-order valence-corrected chi connectivity index (χ2v) is 7.45. The van der Waals surface area contributed by atoms with E-state index in [0.717, 1.165) is 32.1 Å². The van der Waals surface area contributed by atoms with Crippen LogP contribution in [0, 0.1) is 5.41 Å². The quantitative estimate of drug-likeness (QED) is 0.889. The van der Waals surface area contributed by atoms with Gasteiger partial charge >= 0.3 is 0 Å². The summed E-state index contributed by atoms with van der Waals surface area (Å²) >= 11 is 6.04. The van der Waals surface area contributed by atoms with E-state index in [9.17, 15) is 13.2 Å². The molecule has 0 aromatic heterocycles. The molecule has 7 heteroatoms. The van der Waals surface area contributed by atoms with E-state index in [0.29, 0.717) is 5.69 Å². The van der Waals surface area contributed by atoms with E-state index >= 15 is 0 Å². The summed E-state index contributed by atoms with van der Waals surface area (Å²) in [6.07, 6.45) is 4.65. The molecule has 1 aliphatic carbocycles. The number of primary sulfonamides is 1. The molecule has 2 rings (SSSR count). The van der Waals surface area contributed by atoms with Crippen LogP contribution >= 0.6 is 11.6 Å². The summed E-state index contributed by atoms with van der Waals surface area (Å²) in [5.74, 6) is -0.0484. The summed E-state index contributed by atoms with van der Waals surface area (Å²) in [5.41, 5.74) is 0.0795. The Morgan fingerprint density at radius 1 is 1.38 bits per heavy atom. The number of hydrogen-bond acceptors (Lipinski definition) is 3. The van der Waals surface area contributed by atoms with Gasteiger partial charge in [-0.25, -0.2) is 13.6 Å². The lowest BCUT2D eigenvalue weighted by Crippen LogP contribution is -2.33. The van der Waals surface area contributed by atoms with Crippen LogP contribution < -0.4 is 10.5 Å². The minimum Gasteiger partial charge on any atom is -0.324 e. The van der Waals surface area contributed by atoms with Crippen molar-refractivity contribution >= 4 is 33.2 Å². The molecule has 21 heavy (non-hydrogen) atoms. The molecule has 1 amide bonds. The maximum Gasteiger partial charge on any atom is 0.238 e. The Balaban J connectivity index is 2.22. The first-order valence-electron chi connectivity index (χ1n) is 6.92. The van der Waals surface area contributed by atoms with Crippen molar-refractivity contribution in [3.8, 4) is 0 Å². The average molecular weight is 331 g/mol. The van der Waals surface area contributed by atoms with Crippen LogP contribution in [0.15, 0.2) is 23.1 Å². The van der Waals surface area contributed by atoms with Gasteiger partial charge in [-0.15, -0.1) is 0 Å². The monoisotopic (exact) mass is 330 g/mol. The molecule has 0 radical (unpaired) electrons. The van der Waals surface area contributed by atoms with Gasteiger partial charge in [0, 0.05) is 5.41 Å². The zero-order valence-corrected chi connectivity index (χ0v) is 13.4. The van der Waals surface area contributed by atoms with Crippen LogP contribution in [0.5, 0.6) is 0 Å². The molecule has 0 bridgehead atoms. The summed E-state index contributed by atoms with van der Waals surface area (Å²) < 4.78 is 22.5. The maximum absolute atomic E-state index is 12.5. The number of amides is 1. The van der Waals surface area contributed by atoms with Gasteiger partial charge in [0.1, 0.15) is 0 Å². The van der Waals surface area contributed by atoms with E-state index in [-0.39, 0.29) is 21.2 Å². The predicted octanol–water partition coefficient (Wildman–Crippen LogP) is 2.90. The third-order valence-electron chi connectivity index (χ3n) is 4.24. The van der Waals surface area contributed by atoms with Gasteiger partial charge in [0.05, 0.1) is 15.6 Å². The molecule has 1 saturated carbocycles. The normalized spacial score (nSPS) is 17.7. The van der Waals surface area contributed by atoms with E-state index in [1.807, 2.05) is 6.92 Å². The zero-order chi connectivity index (χ0) is 15.7. The summed E-state index contributed by atoms with van der Waals surface area (Å²) in [6.45, 7) is 2.01. The minimum absolute atomic E-state index is 0.0484. The second-order valence-electron chi connectivity index (χ2n) is 5.48. The summed E-state index contributed by atoms with van der Waals surface area (Å²) in [5, 5.41) is 8.03. The maximum atomic E-state index is 12.5. The van der Waals surface area contributed by atoms with Crippen molar-refractivity contribution in [1.29, 1.82) is 0 Å². The van der Waals surface area contributed by atoms with Gasteiger partial charge in [-0.3, -0.25) is 4.79 Å². The smallest absolute Gasteiger partial charge is 0.238 e. The van der Waals surface area contributed by atoms with Crippen molar-refractivity contribution in [1.82, 2.24) is 0 Å². The molecular formula is C14H19ClN2O3S. The average Bonchev–Trinajstić information content (AvgIpc) is 2.90. The lowest BCUT2D eigenvalue weighted by Gasteiger charge is -2.26. The Morgan fingerprint density at radius 2 is 2.00 bits per heavy atom. The third kappa shape index (κ3) is 3.39. The Bertz CT molecular complexity index is 652. The highest BCUT2D eigenvalue weighted by molar-refractivity contribution is 7.89. The first-order chi connectivity index (χ1) is 9.78. The SMILES string of the molecule is CCC1(C(=O)Nc2ccc(S(N)(=O)=O)cc2Cl)CCCC1. The van der Waals surface area contributed by atoms with Crippen molar-refractivity contribution in [2.75, 3.05) is 5.32 Å². The fraction of sp³-hybridized carbons (Fsp3) is 0.500. The van der Waals surface area contributed by atoms with Crippen molar-refractivity contribution in [2.24, 2.45) is 10.6 Å². The van der Waals surface area contributed by atoms with Gasteiger partial charge in [-0.2, -0.15) is 0 Å². The number of anilines is 1. The van der Waals surface area contributed by atoms with E-state index in [4.69, 9.17) is 16.7 Å². The molecule has 5 nitrogen and oxygen atoms in total. The van der Waals surface area contributed by atoms with Crippen LogP contribution in [0.1, 0.15) is 39.0 Å². The fourth-order valence-electron chi connectivity index (χ4n) is 2.82. The Morgan fingerprint density at radius 3 is 2.48 bits per heavy atom. The number of hydrogen-bond donors (Lipinski definition) is 2. The topological polar surface area (TPSA) is 89.3 Å². The van der Waals surface area contributed by atoms with Crippen LogP contribution in [0.4, 0.5) is 5.69 Å². The largest absolute Gasteiger partial charge is 0.324 e. The highest BCUT2D eigenvalue weighted by Gasteiger charge is 2.39. The van der Waals surface area contributed by atoms with Crippen molar-refractivity contribution in [2.45, 2.75) is 43.9 Å². The highest BCUT2D eigenvalue weighted by Crippen LogP contribution is 2.42. The number of rotatable bonds is 4. The Labute approximate surface area is 129 Å². The molecular weight excluding hydrogens is 312 g/mol. The van der Waals surface area contributed by atoms with E-state index < -0.39 is 10.0 Å². The predicted molar refractivity (Wildman–Crippen MR) is 82.6 cm³/mol. The number of carbonyl (C=O) groups is 1. The number of benzene rings is 1. The van der Waals surface area contributed by atoms with E-state index in [1.165, 1.54) is 18.2 Å². The molecule has 116 valence electrons. The third-order valence-corrected chi connectivity index (χ3v) is 5.46. The van der Waals surface area contributed by atoms with Gasteiger partial charge in [0.2, 0.25) is 15.9 Å². The molecule has 0 atom stereocenters. The van der Waals surface area contributed by atoms with Crippen LogP contribution in [-0.2, 0) is 14.8 Å². The van der Waals surface area contributed by atoms with E-state index in [2.05, 4.69) is 5.32 Å². The van der Waals surface area contributed by atoms with Crippen LogP contribution in [0.3, 0.4) is 0 Å². The number of sulfonamides is 1. The lowest BCUT2D eigenvalue weighted by atomic mass is 9.82. The number of nitrogens with two attached hydrogens (primary N) is 1. The first kappa shape index (κ1) is 16.3. The molecule has 0 heterocycles. The molecule has 1 aliphatic rings. The van der Waals surface area contributed by atoms with Gasteiger partial charge in [0.25, 0.3) is 0 Å².